The Morgan fingerprint density at radius 3 is 2.38 bits per heavy atom. The number of carbonyl (C=O) groups is 1. The van der Waals surface area contributed by atoms with Crippen LogP contribution in [0.5, 0.6) is 11.5 Å². The maximum atomic E-state index is 12.2. The SMILES string of the molecule is CCC(Oc1ccccc1)C1CCCN(CCCOc2ccccc2)C1C(=O)O. The highest BCUT2D eigenvalue weighted by Crippen LogP contribution is 2.31. The summed E-state index contributed by atoms with van der Waals surface area (Å²) in [6.45, 7) is 4.16. The number of rotatable bonds is 10. The molecule has 0 amide bonds. The molecule has 0 bridgehead atoms. The minimum absolute atomic E-state index is 0.0264. The van der Waals surface area contributed by atoms with Gasteiger partial charge in [-0.15, -0.1) is 0 Å². The van der Waals surface area contributed by atoms with E-state index in [1.807, 2.05) is 60.7 Å². The van der Waals surface area contributed by atoms with E-state index in [1.54, 1.807) is 0 Å². The molecule has 0 radical (unpaired) electrons. The maximum absolute atomic E-state index is 12.2. The highest BCUT2D eigenvalue weighted by Gasteiger charge is 2.41. The normalized spacial score (nSPS) is 20.7. The van der Waals surface area contributed by atoms with Gasteiger partial charge >= 0.3 is 5.97 Å². The van der Waals surface area contributed by atoms with Crippen molar-refractivity contribution < 1.29 is 19.4 Å². The van der Waals surface area contributed by atoms with E-state index in [1.165, 1.54) is 0 Å². The number of ether oxygens (including phenoxy) is 2. The van der Waals surface area contributed by atoms with Crippen LogP contribution in [0.2, 0.25) is 0 Å². The third-order valence-corrected chi connectivity index (χ3v) is 5.55. The average molecular weight is 398 g/mol. The molecular formula is C24H31NO4. The molecule has 0 saturated carbocycles. The lowest BCUT2D eigenvalue weighted by Gasteiger charge is -2.42. The van der Waals surface area contributed by atoms with Crippen molar-refractivity contribution in [2.75, 3.05) is 19.7 Å². The van der Waals surface area contributed by atoms with Crippen LogP contribution >= 0.6 is 0 Å². The van der Waals surface area contributed by atoms with Crippen molar-refractivity contribution in [1.29, 1.82) is 0 Å². The Morgan fingerprint density at radius 1 is 1.10 bits per heavy atom. The minimum Gasteiger partial charge on any atom is -0.494 e. The Hall–Kier alpha value is -2.53. The summed E-state index contributed by atoms with van der Waals surface area (Å²) >= 11 is 0. The quantitative estimate of drug-likeness (QED) is 0.599. The third kappa shape index (κ3) is 5.97. The predicted octanol–water partition coefficient (Wildman–Crippen LogP) is 4.48. The summed E-state index contributed by atoms with van der Waals surface area (Å²) in [5, 5.41) is 10.00. The molecule has 3 rings (SSSR count). The molecule has 1 fully saturated rings. The van der Waals surface area contributed by atoms with E-state index in [0.717, 1.165) is 43.7 Å². The second-order valence-corrected chi connectivity index (χ2v) is 7.52. The molecule has 5 nitrogen and oxygen atoms in total. The fourth-order valence-corrected chi connectivity index (χ4v) is 4.20. The highest BCUT2D eigenvalue weighted by molar-refractivity contribution is 5.74. The van der Waals surface area contributed by atoms with E-state index >= 15 is 0 Å². The number of benzene rings is 2. The van der Waals surface area contributed by atoms with Gasteiger partial charge in [0.1, 0.15) is 23.6 Å². The first-order chi connectivity index (χ1) is 14.2. The molecule has 5 heteroatoms. The van der Waals surface area contributed by atoms with Gasteiger partial charge in [-0.05, 0) is 56.5 Å². The van der Waals surface area contributed by atoms with Gasteiger partial charge in [0.05, 0.1) is 6.61 Å². The lowest BCUT2D eigenvalue weighted by Crippen LogP contribution is -2.54. The standard InChI is InChI=1S/C24H31NO4/c1-2-22(29-20-13-7-4-8-14-20)21-15-9-16-25(23(21)24(26)27)17-10-18-28-19-11-5-3-6-12-19/h3-8,11-14,21-23H,2,9-10,15-18H2,1H3,(H,26,27). The van der Waals surface area contributed by atoms with Gasteiger partial charge in [-0.1, -0.05) is 43.3 Å². The smallest absolute Gasteiger partial charge is 0.321 e. The van der Waals surface area contributed by atoms with Gasteiger partial charge in [-0.25, -0.2) is 0 Å². The molecule has 1 N–H and O–H groups in total. The summed E-state index contributed by atoms with van der Waals surface area (Å²) < 4.78 is 12.0. The fourth-order valence-electron chi connectivity index (χ4n) is 4.20. The topological polar surface area (TPSA) is 59.0 Å². The highest BCUT2D eigenvalue weighted by atomic mass is 16.5. The van der Waals surface area contributed by atoms with E-state index < -0.39 is 12.0 Å². The van der Waals surface area contributed by atoms with Crippen LogP contribution < -0.4 is 9.47 Å². The number of para-hydroxylation sites is 2. The number of hydrogen-bond donors (Lipinski definition) is 1. The summed E-state index contributed by atoms with van der Waals surface area (Å²) in [7, 11) is 0. The van der Waals surface area contributed by atoms with Crippen LogP contribution in [0.4, 0.5) is 0 Å². The Balaban J connectivity index is 1.59. The molecule has 2 aromatic carbocycles. The Bertz CT molecular complexity index is 737. The summed E-state index contributed by atoms with van der Waals surface area (Å²) in [6, 6.07) is 18.9. The van der Waals surface area contributed by atoms with E-state index in [9.17, 15) is 9.90 Å². The minimum atomic E-state index is -0.756. The first-order valence-corrected chi connectivity index (χ1v) is 10.6. The number of carboxylic acid groups (broad SMARTS) is 1. The number of likely N-dealkylation sites (tertiary alicyclic amines) is 1. The number of piperidine rings is 1. The van der Waals surface area contributed by atoms with Gasteiger partial charge in [0.25, 0.3) is 0 Å². The lowest BCUT2D eigenvalue weighted by atomic mass is 9.83. The van der Waals surface area contributed by atoms with Crippen molar-refractivity contribution >= 4 is 5.97 Å². The van der Waals surface area contributed by atoms with Crippen LogP contribution in [0.25, 0.3) is 0 Å². The molecule has 0 aliphatic carbocycles. The predicted molar refractivity (Wildman–Crippen MR) is 113 cm³/mol. The van der Waals surface area contributed by atoms with Gasteiger partial charge in [0, 0.05) is 12.5 Å². The van der Waals surface area contributed by atoms with Crippen LogP contribution in [-0.4, -0.2) is 47.8 Å². The molecular weight excluding hydrogens is 366 g/mol. The van der Waals surface area contributed by atoms with Crippen LogP contribution in [0.3, 0.4) is 0 Å². The van der Waals surface area contributed by atoms with Crippen LogP contribution in [-0.2, 0) is 4.79 Å². The summed E-state index contributed by atoms with van der Waals surface area (Å²) in [5.41, 5.74) is 0. The van der Waals surface area contributed by atoms with Crippen LogP contribution in [0, 0.1) is 5.92 Å². The van der Waals surface area contributed by atoms with Crippen molar-refractivity contribution in [3.63, 3.8) is 0 Å². The largest absolute Gasteiger partial charge is 0.494 e. The number of hydrogen-bond acceptors (Lipinski definition) is 4. The fraction of sp³-hybridized carbons (Fsp3) is 0.458. The molecule has 0 aromatic heterocycles. The number of nitrogens with zero attached hydrogens (tertiary/aromatic N) is 1. The van der Waals surface area contributed by atoms with Crippen molar-refractivity contribution in [3.8, 4) is 11.5 Å². The van der Waals surface area contributed by atoms with Gasteiger partial charge in [0.15, 0.2) is 0 Å². The molecule has 0 spiro atoms. The lowest BCUT2D eigenvalue weighted by molar-refractivity contribution is -0.149. The molecule has 1 heterocycles. The van der Waals surface area contributed by atoms with Crippen molar-refractivity contribution in [1.82, 2.24) is 4.90 Å². The average Bonchev–Trinajstić information content (AvgIpc) is 2.76. The monoisotopic (exact) mass is 397 g/mol. The van der Waals surface area contributed by atoms with E-state index in [4.69, 9.17) is 9.47 Å². The first-order valence-electron chi connectivity index (χ1n) is 10.6. The van der Waals surface area contributed by atoms with Crippen molar-refractivity contribution in [2.45, 2.75) is 44.8 Å². The molecule has 29 heavy (non-hydrogen) atoms. The second-order valence-electron chi connectivity index (χ2n) is 7.52. The maximum Gasteiger partial charge on any atom is 0.321 e. The van der Waals surface area contributed by atoms with Crippen molar-refractivity contribution in [2.24, 2.45) is 5.92 Å². The third-order valence-electron chi connectivity index (χ3n) is 5.55. The molecule has 1 aliphatic heterocycles. The Morgan fingerprint density at radius 2 is 1.76 bits per heavy atom. The van der Waals surface area contributed by atoms with Crippen molar-refractivity contribution in [3.05, 3.63) is 60.7 Å². The van der Waals surface area contributed by atoms with E-state index in [0.29, 0.717) is 13.2 Å². The van der Waals surface area contributed by atoms with Gasteiger partial charge < -0.3 is 14.6 Å². The van der Waals surface area contributed by atoms with E-state index in [-0.39, 0.29) is 12.0 Å². The molecule has 156 valence electrons. The van der Waals surface area contributed by atoms with Crippen LogP contribution in [0.15, 0.2) is 60.7 Å². The van der Waals surface area contributed by atoms with Gasteiger partial charge in [0.2, 0.25) is 0 Å². The summed E-state index contributed by atoms with van der Waals surface area (Å²) in [4.78, 5) is 14.3. The molecule has 3 atom stereocenters. The van der Waals surface area contributed by atoms with Gasteiger partial charge in [-0.3, -0.25) is 9.69 Å². The molecule has 3 unspecified atom stereocenters. The molecule has 1 aliphatic rings. The molecule has 1 saturated heterocycles. The Kier molecular flexibility index (Phi) is 7.94. The first kappa shape index (κ1) is 21.2. The number of carboxylic acids is 1. The van der Waals surface area contributed by atoms with Crippen LogP contribution in [0.1, 0.15) is 32.6 Å². The van der Waals surface area contributed by atoms with E-state index in [2.05, 4.69) is 11.8 Å². The zero-order valence-corrected chi connectivity index (χ0v) is 17.1. The Labute approximate surface area is 173 Å². The zero-order valence-electron chi connectivity index (χ0n) is 17.1. The number of aliphatic carboxylic acids is 1. The summed E-state index contributed by atoms with van der Waals surface area (Å²) in [6.07, 6.45) is 3.33. The van der Waals surface area contributed by atoms with Gasteiger partial charge in [-0.2, -0.15) is 0 Å². The second kappa shape index (κ2) is 10.9. The molecule has 2 aromatic rings. The summed E-state index contributed by atoms with van der Waals surface area (Å²) in [5.74, 6) is 0.869. The zero-order chi connectivity index (χ0) is 20.5.